The third-order valence-corrected chi connectivity index (χ3v) is 3.56. The molecule has 0 unspecified atom stereocenters. The molecule has 0 spiro atoms. The molecule has 0 saturated heterocycles. The molecule has 0 amide bonds. The smallest absolute Gasteiger partial charge is 0.234 e. The third-order valence-electron chi connectivity index (χ3n) is 3.56. The molecule has 1 saturated carbocycles. The minimum Gasteiger partial charge on any atom is -0.485 e. The van der Waals surface area contributed by atoms with E-state index in [9.17, 15) is 4.39 Å². The number of benzene rings is 1. The van der Waals surface area contributed by atoms with Gasteiger partial charge in [-0.15, -0.1) is 0 Å². The Morgan fingerprint density at radius 2 is 2.19 bits per heavy atom. The highest BCUT2D eigenvalue weighted by molar-refractivity contribution is 5.22. The number of hydrogen-bond acceptors (Lipinski definition) is 5. The van der Waals surface area contributed by atoms with E-state index in [1.807, 2.05) is 14.1 Å². The van der Waals surface area contributed by atoms with Gasteiger partial charge in [-0.25, -0.2) is 4.39 Å². The Morgan fingerprint density at radius 1 is 1.38 bits per heavy atom. The van der Waals surface area contributed by atoms with Crippen LogP contribution < -0.4 is 4.74 Å². The van der Waals surface area contributed by atoms with Crippen molar-refractivity contribution in [2.75, 3.05) is 20.6 Å². The largest absolute Gasteiger partial charge is 0.485 e. The first kappa shape index (κ1) is 14.0. The lowest BCUT2D eigenvalue weighted by molar-refractivity contribution is 0.274. The molecule has 1 aliphatic rings. The fraction of sp³-hybridized carbons (Fsp3) is 0.467. The summed E-state index contributed by atoms with van der Waals surface area (Å²) in [6.07, 6.45) is 2.13. The van der Waals surface area contributed by atoms with Gasteiger partial charge in [-0.1, -0.05) is 11.2 Å². The Labute approximate surface area is 122 Å². The van der Waals surface area contributed by atoms with Crippen LogP contribution in [-0.4, -0.2) is 35.7 Å². The number of rotatable bonds is 6. The standard InChI is InChI=1S/C15H18FN3O2/c1-19(2)10-15(6-7-15)14-17-13(18-21-14)9-20-12-5-3-4-11(16)8-12/h3-5,8H,6-7,9-10H2,1-2H3. The molecule has 1 heterocycles. The van der Waals surface area contributed by atoms with Gasteiger partial charge in [-0.2, -0.15) is 4.98 Å². The molecule has 6 heteroatoms. The first-order valence-electron chi connectivity index (χ1n) is 6.94. The number of hydrogen-bond donors (Lipinski definition) is 0. The average Bonchev–Trinajstić information content (AvgIpc) is 3.03. The lowest BCUT2D eigenvalue weighted by Gasteiger charge is -2.15. The van der Waals surface area contributed by atoms with Gasteiger partial charge in [0, 0.05) is 12.6 Å². The molecule has 5 nitrogen and oxygen atoms in total. The van der Waals surface area contributed by atoms with Gasteiger partial charge in [0.2, 0.25) is 11.7 Å². The van der Waals surface area contributed by atoms with Crippen LogP contribution in [0.5, 0.6) is 5.75 Å². The van der Waals surface area contributed by atoms with Gasteiger partial charge < -0.3 is 14.2 Å². The molecule has 0 aliphatic heterocycles. The maximum Gasteiger partial charge on any atom is 0.234 e. The normalized spacial score (nSPS) is 16.2. The zero-order valence-electron chi connectivity index (χ0n) is 12.2. The van der Waals surface area contributed by atoms with E-state index >= 15 is 0 Å². The molecule has 3 rings (SSSR count). The summed E-state index contributed by atoms with van der Waals surface area (Å²) in [5, 5.41) is 3.94. The fourth-order valence-corrected chi connectivity index (χ4v) is 2.43. The minimum absolute atomic E-state index is 0.00754. The van der Waals surface area contributed by atoms with Gasteiger partial charge in [-0.3, -0.25) is 0 Å². The fourth-order valence-electron chi connectivity index (χ4n) is 2.43. The highest BCUT2D eigenvalue weighted by Gasteiger charge is 2.49. The summed E-state index contributed by atoms with van der Waals surface area (Å²) in [5.41, 5.74) is 0.00754. The van der Waals surface area contributed by atoms with Crippen molar-refractivity contribution in [3.05, 3.63) is 41.8 Å². The minimum atomic E-state index is -0.329. The number of aromatic nitrogens is 2. The number of ether oxygens (including phenoxy) is 1. The second-order valence-corrected chi connectivity index (χ2v) is 5.78. The maximum absolute atomic E-state index is 13.0. The van der Waals surface area contributed by atoms with Crippen molar-refractivity contribution in [1.29, 1.82) is 0 Å². The van der Waals surface area contributed by atoms with E-state index in [0.717, 1.165) is 19.4 Å². The highest BCUT2D eigenvalue weighted by Crippen LogP contribution is 2.47. The van der Waals surface area contributed by atoms with Gasteiger partial charge in [0.25, 0.3) is 0 Å². The molecule has 1 aliphatic carbocycles. The molecule has 0 atom stereocenters. The molecule has 0 radical (unpaired) electrons. The van der Waals surface area contributed by atoms with Crippen LogP contribution in [0.4, 0.5) is 4.39 Å². The number of halogens is 1. The molecule has 0 bridgehead atoms. The monoisotopic (exact) mass is 291 g/mol. The van der Waals surface area contributed by atoms with Gasteiger partial charge in [-0.05, 0) is 39.1 Å². The lowest BCUT2D eigenvalue weighted by atomic mass is 10.1. The van der Waals surface area contributed by atoms with Crippen molar-refractivity contribution < 1.29 is 13.7 Å². The predicted octanol–water partition coefficient (Wildman–Crippen LogP) is 2.38. The van der Waals surface area contributed by atoms with Gasteiger partial charge in [0.15, 0.2) is 6.61 Å². The Hall–Kier alpha value is -1.95. The Kier molecular flexibility index (Phi) is 3.63. The highest BCUT2D eigenvalue weighted by atomic mass is 19.1. The average molecular weight is 291 g/mol. The van der Waals surface area contributed by atoms with Crippen molar-refractivity contribution in [3.8, 4) is 5.75 Å². The third kappa shape index (κ3) is 3.21. The van der Waals surface area contributed by atoms with E-state index in [4.69, 9.17) is 9.26 Å². The Balaban J connectivity index is 1.63. The SMILES string of the molecule is CN(C)CC1(c2nc(COc3cccc(F)c3)no2)CC1. The summed E-state index contributed by atoms with van der Waals surface area (Å²) in [6.45, 7) is 1.07. The van der Waals surface area contributed by atoms with Crippen LogP contribution in [0.1, 0.15) is 24.6 Å². The van der Waals surface area contributed by atoms with E-state index < -0.39 is 0 Å². The van der Waals surface area contributed by atoms with Crippen molar-refractivity contribution in [2.24, 2.45) is 0 Å². The van der Waals surface area contributed by atoms with Crippen LogP contribution in [-0.2, 0) is 12.0 Å². The molecule has 1 aromatic heterocycles. The van der Waals surface area contributed by atoms with Crippen LogP contribution in [0.2, 0.25) is 0 Å². The van der Waals surface area contributed by atoms with Crippen molar-refractivity contribution in [3.63, 3.8) is 0 Å². The molecular weight excluding hydrogens is 273 g/mol. The van der Waals surface area contributed by atoms with Crippen LogP contribution >= 0.6 is 0 Å². The number of nitrogens with zero attached hydrogens (tertiary/aromatic N) is 3. The van der Waals surface area contributed by atoms with E-state index in [0.29, 0.717) is 17.5 Å². The van der Waals surface area contributed by atoms with Crippen LogP contribution in [0.15, 0.2) is 28.8 Å². The topological polar surface area (TPSA) is 51.4 Å². The lowest BCUT2D eigenvalue weighted by Crippen LogP contribution is -2.26. The molecule has 21 heavy (non-hydrogen) atoms. The van der Waals surface area contributed by atoms with Gasteiger partial charge in [0.1, 0.15) is 11.6 Å². The zero-order valence-corrected chi connectivity index (χ0v) is 12.2. The molecular formula is C15H18FN3O2. The predicted molar refractivity (Wildman–Crippen MR) is 74.5 cm³/mol. The van der Waals surface area contributed by atoms with Crippen molar-refractivity contribution >= 4 is 0 Å². The zero-order chi connectivity index (χ0) is 14.9. The molecule has 2 aromatic rings. The van der Waals surface area contributed by atoms with Crippen molar-refractivity contribution in [2.45, 2.75) is 24.9 Å². The quantitative estimate of drug-likeness (QED) is 0.818. The van der Waals surface area contributed by atoms with Crippen LogP contribution in [0, 0.1) is 5.82 Å². The van der Waals surface area contributed by atoms with E-state index in [-0.39, 0.29) is 17.8 Å². The van der Waals surface area contributed by atoms with Gasteiger partial charge in [0.05, 0.1) is 5.41 Å². The van der Waals surface area contributed by atoms with Crippen molar-refractivity contribution in [1.82, 2.24) is 15.0 Å². The second kappa shape index (κ2) is 5.44. The summed E-state index contributed by atoms with van der Waals surface area (Å²) >= 11 is 0. The Bertz CT molecular complexity index is 623. The summed E-state index contributed by atoms with van der Waals surface area (Å²) in [6, 6.07) is 5.99. The molecule has 112 valence electrons. The van der Waals surface area contributed by atoms with Gasteiger partial charge >= 0.3 is 0 Å². The molecule has 1 aromatic carbocycles. The molecule has 0 N–H and O–H groups in total. The van der Waals surface area contributed by atoms with E-state index in [1.54, 1.807) is 12.1 Å². The summed E-state index contributed by atoms with van der Waals surface area (Å²) < 4.78 is 23.9. The number of likely N-dealkylation sites (N-methyl/N-ethyl adjacent to an activating group) is 1. The maximum atomic E-state index is 13.0. The summed E-state index contributed by atoms with van der Waals surface area (Å²) in [4.78, 5) is 6.54. The second-order valence-electron chi connectivity index (χ2n) is 5.78. The van der Waals surface area contributed by atoms with Crippen LogP contribution in [0.3, 0.4) is 0 Å². The van der Waals surface area contributed by atoms with E-state index in [2.05, 4.69) is 15.0 Å². The summed E-state index contributed by atoms with van der Waals surface area (Å²) in [5.74, 6) is 1.29. The molecule has 1 fully saturated rings. The summed E-state index contributed by atoms with van der Waals surface area (Å²) in [7, 11) is 4.06. The van der Waals surface area contributed by atoms with E-state index in [1.165, 1.54) is 12.1 Å². The van der Waals surface area contributed by atoms with Crippen LogP contribution in [0.25, 0.3) is 0 Å². The first-order chi connectivity index (χ1) is 10.1. The Morgan fingerprint density at radius 3 is 2.86 bits per heavy atom. The first-order valence-corrected chi connectivity index (χ1v) is 6.94.